The second-order valence-corrected chi connectivity index (χ2v) is 7.68. The largest absolute Gasteiger partial charge is 0.363 e. The van der Waals surface area contributed by atoms with E-state index in [1.807, 2.05) is 6.66 Å². The lowest BCUT2D eigenvalue weighted by molar-refractivity contribution is 0.187. The van der Waals surface area contributed by atoms with Gasteiger partial charge in [-0.15, -0.1) is 11.4 Å². The van der Waals surface area contributed by atoms with Crippen LogP contribution in [0.1, 0.15) is 27.7 Å². The smallest absolute Gasteiger partial charge is 0.0816 e. The molecule has 1 atom stereocenters. The molecule has 0 aromatic rings. The van der Waals surface area contributed by atoms with E-state index in [0.717, 1.165) is 12.3 Å². The van der Waals surface area contributed by atoms with E-state index in [-0.39, 0.29) is 0 Å². The van der Waals surface area contributed by atoms with Crippen molar-refractivity contribution in [3.63, 3.8) is 0 Å². The third-order valence-corrected chi connectivity index (χ3v) is 4.36. The van der Waals surface area contributed by atoms with Crippen molar-refractivity contribution in [3.05, 3.63) is 0 Å². The zero-order valence-electron chi connectivity index (χ0n) is 9.32. The van der Waals surface area contributed by atoms with Gasteiger partial charge >= 0.3 is 0 Å². The molecule has 0 aromatic carbocycles. The van der Waals surface area contributed by atoms with E-state index in [4.69, 9.17) is 4.89 Å². The first-order valence-electron chi connectivity index (χ1n) is 4.76. The molecule has 1 N–H and O–H groups in total. The van der Waals surface area contributed by atoms with Crippen LogP contribution in [0.15, 0.2) is 0 Å². The van der Waals surface area contributed by atoms with Crippen LogP contribution in [-0.4, -0.2) is 40.8 Å². The van der Waals surface area contributed by atoms with Gasteiger partial charge < -0.3 is 4.89 Å². The topological polar surface area (TPSA) is 23.5 Å². The van der Waals surface area contributed by atoms with Crippen molar-refractivity contribution in [1.29, 1.82) is 0 Å². The fourth-order valence-electron chi connectivity index (χ4n) is 1.39. The molecule has 0 saturated carbocycles. The summed E-state index contributed by atoms with van der Waals surface area (Å²) in [5.74, 6) is 1.04. The van der Waals surface area contributed by atoms with Crippen LogP contribution >= 0.6 is 18.7 Å². The molecule has 0 fully saturated rings. The van der Waals surface area contributed by atoms with Gasteiger partial charge in [0.2, 0.25) is 0 Å². The fourth-order valence-corrected chi connectivity index (χ4v) is 2.99. The molecule has 0 aliphatic rings. The van der Waals surface area contributed by atoms with Gasteiger partial charge in [-0.2, -0.15) is 0 Å². The molecule has 0 saturated heterocycles. The Balaban J connectivity index is 3.70. The molecule has 0 spiro atoms. The fraction of sp³-hybridized carbons (Fsp3) is 1.00. The third-order valence-electron chi connectivity index (χ3n) is 1.95. The summed E-state index contributed by atoms with van der Waals surface area (Å²) < 4.78 is 0. The van der Waals surface area contributed by atoms with E-state index in [0.29, 0.717) is 12.1 Å². The Morgan fingerprint density at radius 3 is 2.00 bits per heavy atom. The minimum atomic E-state index is -0.780. The van der Waals surface area contributed by atoms with Gasteiger partial charge in [-0.05, 0) is 34.4 Å². The van der Waals surface area contributed by atoms with E-state index < -0.39 is 7.35 Å². The summed E-state index contributed by atoms with van der Waals surface area (Å²) in [7, 11) is -0.780. The van der Waals surface area contributed by atoms with E-state index in [1.54, 1.807) is 11.4 Å². The summed E-state index contributed by atoms with van der Waals surface area (Å²) in [5, 5.41) is 0. The van der Waals surface area contributed by atoms with Gasteiger partial charge in [0.15, 0.2) is 0 Å². The Labute approximate surface area is 87.7 Å². The van der Waals surface area contributed by atoms with Crippen molar-refractivity contribution in [1.82, 2.24) is 4.90 Å². The lowest BCUT2D eigenvalue weighted by Crippen LogP contribution is -2.38. The van der Waals surface area contributed by atoms with E-state index in [2.05, 4.69) is 32.6 Å². The Morgan fingerprint density at radius 1 is 1.23 bits per heavy atom. The average Bonchev–Trinajstić information content (AvgIpc) is 1.95. The van der Waals surface area contributed by atoms with Crippen LogP contribution in [0.3, 0.4) is 0 Å². The highest BCUT2D eigenvalue weighted by atomic mass is 32.7. The molecule has 4 heteroatoms. The standard InChI is InChI=1S/C9H22NOPS/c1-8(2)10(9(3)4)6-7-13-12(5)11/h8-9,11H,6-7H2,1-5H3. The minimum absolute atomic E-state index is 0.599. The van der Waals surface area contributed by atoms with Crippen molar-refractivity contribution in [2.24, 2.45) is 0 Å². The molecule has 0 heterocycles. The molecular weight excluding hydrogens is 201 g/mol. The number of nitrogens with zero attached hydrogens (tertiary/aromatic N) is 1. The maximum Gasteiger partial charge on any atom is 0.0816 e. The highest BCUT2D eigenvalue weighted by Crippen LogP contribution is 2.40. The van der Waals surface area contributed by atoms with Gasteiger partial charge in [0.05, 0.1) is 7.35 Å². The minimum Gasteiger partial charge on any atom is -0.363 e. The molecular formula is C9H22NOPS. The summed E-state index contributed by atoms with van der Waals surface area (Å²) in [6.45, 7) is 11.8. The van der Waals surface area contributed by atoms with E-state index >= 15 is 0 Å². The van der Waals surface area contributed by atoms with Gasteiger partial charge in [0.25, 0.3) is 0 Å². The highest BCUT2D eigenvalue weighted by Gasteiger charge is 2.12. The van der Waals surface area contributed by atoms with Crippen LogP contribution < -0.4 is 0 Å². The maximum absolute atomic E-state index is 9.15. The van der Waals surface area contributed by atoms with Crippen LogP contribution in [0.4, 0.5) is 0 Å². The Bertz CT molecular complexity index is 123. The van der Waals surface area contributed by atoms with Crippen molar-refractivity contribution < 1.29 is 4.89 Å². The van der Waals surface area contributed by atoms with Crippen molar-refractivity contribution in [2.75, 3.05) is 19.0 Å². The monoisotopic (exact) mass is 223 g/mol. The molecule has 2 nitrogen and oxygen atoms in total. The SMILES string of the molecule is CC(C)N(CCSP(C)O)C(C)C. The Kier molecular flexibility index (Phi) is 7.43. The Hall–Kier alpha value is 0.700. The van der Waals surface area contributed by atoms with Gasteiger partial charge in [0.1, 0.15) is 0 Å². The van der Waals surface area contributed by atoms with Crippen LogP contribution in [0, 0.1) is 0 Å². The first kappa shape index (κ1) is 13.7. The molecule has 0 aliphatic heterocycles. The average molecular weight is 223 g/mol. The van der Waals surface area contributed by atoms with Crippen LogP contribution in [0.2, 0.25) is 0 Å². The van der Waals surface area contributed by atoms with E-state index in [9.17, 15) is 0 Å². The first-order chi connectivity index (χ1) is 5.95. The lowest BCUT2D eigenvalue weighted by Gasteiger charge is -2.30. The predicted molar refractivity (Wildman–Crippen MR) is 64.5 cm³/mol. The zero-order chi connectivity index (χ0) is 10.4. The highest BCUT2D eigenvalue weighted by molar-refractivity contribution is 8.53. The second kappa shape index (κ2) is 7.05. The zero-order valence-corrected chi connectivity index (χ0v) is 11.0. The molecule has 13 heavy (non-hydrogen) atoms. The van der Waals surface area contributed by atoms with Crippen molar-refractivity contribution >= 4 is 18.7 Å². The summed E-state index contributed by atoms with van der Waals surface area (Å²) >= 11 is 1.67. The summed E-state index contributed by atoms with van der Waals surface area (Å²) in [5.41, 5.74) is 0. The predicted octanol–water partition coefficient (Wildman–Crippen LogP) is 2.77. The van der Waals surface area contributed by atoms with Crippen LogP contribution in [-0.2, 0) is 0 Å². The molecule has 0 bridgehead atoms. The molecule has 0 amide bonds. The van der Waals surface area contributed by atoms with Crippen LogP contribution in [0.25, 0.3) is 0 Å². The maximum atomic E-state index is 9.15. The lowest BCUT2D eigenvalue weighted by atomic mass is 10.2. The quantitative estimate of drug-likeness (QED) is 0.700. The molecule has 80 valence electrons. The number of rotatable bonds is 6. The molecule has 0 radical (unpaired) electrons. The number of hydrogen-bond donors (Lipinski definition) is 1. The number of hydrogen-bond acceptors (Lipinski definition) is 3. The van der Waals surface area contributed by atoms with Gasteiger partial charge in [-0.25, -0.2) is 0 Å². The molecule has 0 aromatic heterocycles. The van der Waals surface area contributed by atoms with Gasteiger partial charge in [0, 0.05) is 24.4 Å². The third kappa shape index (κ3) is 6.73. The molecule has 1 unspecified atom stereocenters. The summed E-state index contributed by atoms with van der Waals surface area (Å²) in [6.07, 6.45) is 0. The van der Waals surface area contributed by atoms with Gasteiger partial charge in [-0.1, -0.05) is 0 Å². The summed E-state index contributed by atoms with van der Waals surface area (Å²) in [4.78, 5) is 11.6. The van der Waals surface area contributed by atoms with Gasteiger partial charge in [-0.3, -0.25) is 4.90 Å². The van der Waals surface area contributed by atoms with E-state index in [1.165, 1.54) is 0 Å². The second-order valence-electron chi connectivity index (χ2n) is 3.72. The van der Waals surface area contributed by atoms with Crippen molar-refractivity contribution in [3.8, 4) is 0 Å². The molecule has 0 rings (SSSR count). The Morgan fingerprint density at radius 2 is 1.69 bits per heavy atom. The van der Waals surface area contributed by atoms with Crippen LogP contribution in [0.5, 0.6) is 0 Å². The first-order valence-corrected chi connectivity index (χ1v) is 8.09. The van der Waals surface area contributed by atoms with Crippen molar-refractivity contribution in [2.45, 2.75) is 39.8 Å². The molecule has 0 aliphatic carbocycles. The normalized spacial score (nSPS) is 14.5. The summed E-state index contributed by atoms with van der Waals surface area (Å²) in [6, 6.07) is 1.20.